The quantitative estimate of drug-likeness (QED) is 0.653. The third-order valence-corrected chi connectivity index (χ3v) is 4.98. The highest BCUT2D eigenvalue weighted by Gasteiger charge is 2.25. The Morgan fingerprint density at radius 2 is 2.35 bits per heavy atom. The van der Waals surface area contributed by atoms with Gasteiger partial charge in [-0.2, -0.15) is 5.10 Å². The van der Waals surface area contributed by atoms with E-state index in [2.05, 4.69) is 16.8 Å². The zero-order valence-corrected chi connectivity index (χ0v) is 13.8. The van der Waals surface area contributed by atoms with E-state index in [0.717, 1.165) is 43.1 Å². The van der Waals surface area contributed by atoms with E-state index in [4.69, 9.17) is 4.74 Å². The van der Waals surface area contributed by atoms with E-state index in [1.54, 1.807) is 17.4 Å². The standard InChI is InChI=1S/C17H21N3O2S/c1-2-9-22-12-13-5-7-20(8-6-13)17(21)15-11-14(18-19-15)16-4-3-10-23-16/h2-4,10-11,13H,1,5-9,12H2,(H,18,19). The first-order chi connectivity index (χ1) is 11.3. The topological polar surface area (TPSA) is 58.2 Å². The van der Waals surface area contributed by atoms with Crippen LogP contribution in [-0.4, -0.2) is 47.3 Å². The fraction of sp³-hybridized carbons (Fsp3) is 0.412. The number of carbonyl (C=O) groups is 1. The van der Waals surface area contributed by atoms with Gasteiger partial charge in [0.05, 0.1) is 17.2 Å². The number of amides is 1. The average Bonchev–Trinajstić information content (AvgIpc) is 3.26. The van der Waals surface area contributed by atoms with E-state index in [0.29, 0.717) is 18.2 Å². The highest BCUT2D eigenvalue weighted by Crippen LogP contribution is 2.24. The van der Waals surface area contributed by atoms with Gasteiger partial charge in [0, 0.05) is 19.7 Å². The lowest BCUT2D eigenvalue weighted by Crippen LogP contribution is -2.39. The number of hydrogen-bond acceptors (Lipinski definition) is 4. The summed E-state index contributed by atoms with van der Waals surface area (Å²) in [4.78, 5) is 15.5. The Morgan fingerprint density at radius 1 is 1.52 bits per heavy atom. The van der Waals surface area contributed by atoms with Gasteiger partial charge in [0.2, 0.25) is 0 Å². The number of nitrogens with zero attached hydrogens (tertiary/aromatic N) is 2. The number of ether oxygens (including phenoxy) is 1. The minimum Gasteiger partial charge on any atom is -0.377 e. The third-order valence-electron chi connectivity index (χ3n) is 4.07. The second-order valence-electron chi connectivity index (χ2n) is 5.71. The lowest BCUT2D eigenvalue weighted by Gasteiger charge is -2.31. The molecule has 3 heterocycles. The molecule has 0 aromatic carbocycles. The van der Waals surface area contributed by atoms with Crippen LogP contribution in [0.2, 0.25) is 0 Å². The van der Waals surface area contributed by atoms with Crippen molar-refractivity contribution in [3.05, 3.63) is 41.9 Å². The number of hydrogen-bond donors (Lipinski definition) is 1. The monoisotopic (exact) mass is 331 g/mol. The predicted molar refractivity (Wildman–Crippen MR) is 91.5 cm³/mol. The summed E-state index contributed by atoms with van der Waals surface area (Å²) in [6, 6.07) is 5.84. The first-order valence-electron chi connectivity index (χ1n) is 7.85. The number of thiophene rings is 1. The van der Waals surface area contributed by atoms with Gasteiger partial charge >= 0.3 is 0 Å². The van der Waals surface area contributed by atoms with Crippen molar-refractivity contribution < 1.29 is 9.53 Å². The molecule has 0 radical (unpaired) electrons. The summed E-state index contributed by atoms with van der Waals surface area (Å²) >= 11 is 1.63. The fourth-order valence-electron chi connectivity index (χ4n) is 2.77. The molecule has 2 aromatic rings. The summed E-state index contributed by atoms with van der Waals surface area (Å²) in [6.45, 7) is 6.52. The summed E-state index contributed by atoms with van der Waals surface area (Å²) in [7, 11) is 0. The first kappa shape index (κ1) is 16.0. The molecule has 0 atom stereocenters. The molecule has 23 heavy (non-hydrogen) atoms. The van der Waals surface area contributed by atoms with Gasteiger partial charge in [0.1, 0.15) is 0 Å². The Hall–Kier alpha value is -1.92. The summed E-state index contributed by atoms with van der Waals surface area (Å²) < 4.78 is 5.51. The molecule has 0 spiro atoms. The van der Waals surface area contributed by atoms with Crippen molar-refractivity contribution in [2.24, 2.45) is 5.92 Å². The van der Waals surface area contributed by atoms with Gasteiger partial charge in [-0.3, -0.25) is 9.89 Å². The Bertz CT molecular complexity index is 643. The molecule has 1 aliphatic rings. The molecule has 1 saturated heterocycles. The maximum Gasteiger partial charge on any atom is 0.274 e. The van der Waals surface area contributed by atoms with Crippen LogP contribution in [-0.2, 0) is 4.74 Å². The Morgan fingerprint density at radius 3 is 3.04 bits per heavy atom. The largest absolute Gasteiger partial charge is 0.377 e. The van der Waals surface area contributed by atoms with Crippen molar-refractivity contribution in [2.45, 2.75) is 12.8 Å². The van der Waals surface area contributed by atoms with Crippen LogP contribution in [0.4, 0.5) is 0 Å². The molecule has 0 saturated carbocycles. The SMILES string of the molecule is C=CCOCC1CCN(C(=O)c2cc(-c3cccs3)[nH]n2)CC1. The lowest BCUT2D eigenvalue weighted by atomic mass is 9.97. The number of aromatic amines is 1. The second kappa shape index (κ2) is 7.57. The number of likely N-dealkylation sites (tertiary alicyclic amines) is 1. The first-order valence-corrected chi connectivity index (χ1v) is 8.73. The molecular formula is C17H21N3O2S. The minimum atomic E-state index is 0.00881. The van der Waals surface area contributed by atoms with Crippen LogP contribution in [0.15, 0.2) is 36.2 Å². The van der Waals surface area contributed by atoms with E-state index in [-0.39, 0.29) is 5.91 Å². The van der Waals surface area contributed by atoms with Crippen molar-refractivity contribution in [1.29, 1.82) is 0 Å². The van der Waals surface area contributed by atoms with Crippen molar-refractivity contribution in [1.82, 2.24) is 15.1 Å². The van der Waals surface area contributed by atoms with Crippen LogP contribution in [0.3, 0.4) is 0 Å². The molecule has 5 nitrogen and oxygen atoms in total. The maximum absolute atomic E-state index is 12.6. The van der Waals surface area contributed by atoms with Crippen molar-refractivity contribution in [3.8, 4) is 10.6 Å². The Balaban J connectivity index is 1.54. The van der Waals surface area contributed by atoms with Gasteiger partial charge in [-0.15, -0.1) is 17.9 Å². The smallest absolute Gasteiger partial charge is 0.274 e. The van der Waals surface area contributed by atoms with Gasteiger partial charge in [-0.25, -0.2) is 0 Å². The molecule has 1 fully saturated rings. The maximum atomic E-state index is 12.6. The van der Waals surface area contributed by atoms with E-state index < -0.39 is 0 Å². The number of aromatic nitrogens is 2. The van der Waals surface area contributed by atoms with Crippen molar-refractivity contribution in [3.63, 3.8) is 0 Å². The van der Waals surface area contributed by atoms with Crippen LogP contribution in [0.25, 0.3) is 10.6 Å². The highest BCUT2D eigenvalue weighted by molar-refractivity contribution is 7.13. The van der Waals surface area contributed by atoms with Crippen molar-refractivity contribution >= 4 is 17.2 Å². The molecule has 0 unspecified atom stereocenters. The fourth-order valence-corrected chi connectivity index (χ4v) is 3.46. The average molecular weight is 331 g/mol. The minimum absolute atomic E-state index is 0.00881. The Kier molecular flexibility index (Phi) is 5.25. The normalized spacial score (nSPS) is 15.7. The van der Waals surface area contributed by atoms with Gasteiger partial charge in [0.25, 0.3) is 5.91 Å². The zero-order valence-electron chi connectivity index (χ0n) is 13.0. The summed E-state index contributed by atoms with van der Waals surface area (Å²) in [5.41, 5.74) is 1.39. The molecule has 1 amide bonds. The molecule has 0 bridgehead atoms. The Labute approximate surface area is 140 Å². The molecule has 6 heteroatoms. The van der Waals surface area contributed by atoms with Crippen molar-refractivity contribution in [2.75, 3.05) is 26.3 Å². The van der Waals surface area contributed by atoms with E-state index in [1.807, 2.05) is 28.5 Å². The number of carbonyl (C=O) groups excluding carboxylic acids is 1. The number of H-pyrrole nitrogens is 1. The van der Waals surface area contributed by atoms with E-state index >= 15 is 0 Å². The van der Waals surface area contributed by atoms with Gasteiger partial charge in [-0.05, 0) is 36.3 Å². The third kappa shape index (κ3) is 3.89. The predicted octanol–water partition coefficient (Wildman–Crippen LogP) is 3.19. The van der Waals surface area contributed by atoms with Gasteiger partial charge in [-0.1, -0.05) is 12.1 Å². The molecule has 1 N–H and O–H groups in total. The molecule has 2 aromatic heterocycles. The number of piperidine rings is 1. The molecule has 3 rings (SSSR count). The molecule has 1 aliphatic heterocycles. The van der Waals surface area contributed by atoms with Gasteiger partial charge < -0.3 is 9.64 Å². The zero-order chi connectivity index (χ0) is 16.1. The number of nitrogens with one attached hydrogen (secondary N) is 1. The second-order valence-corrected chi connectivity index (χ2v) is 6.65. The summed E-state index contributed by atoms with van der Waals surface area (Å²) in [5.74, 6) is 0.536. The molecule has 0 aliphatic carbocycles. The van der Waals surface area contributed by atoms with Crippen LogP contribution >= 0.6 is 11.3 Å². The molecule has 122 valence electrons. The summed E-state index contributed by atoms with van der Waals surface area (Å²) in [6.07, 6.45) is 3.72. The van der Waals surface area contributed by atoms with Crippen LogP contribution in [0.5, 0.6) is 0 Å². The lowest BCUT2D eigenvalue weighted by molar-refractivity contribution is 0.0571. The van der Waals surface area contributed by atoms with Crippen LogP contribution in [0, 0.1) is 5.92 Å². The van der Waals surface area contributed by atoms with Gasteiger partial charge in [0.15, 0.2) is 5.69 Å². The molecular weight excluding hydrogens is 310 g/mol. The van der Waals surface area contributed by atoms with E-state index in [1.165, 1.54) is 0 Å². The highest BCUT2D eigenvalue weighted by atomic mass is 32.1. The van der Waals surface area contributed by atoms with E-state index in [9.17, 15) is 4.79 Å². The number of rotatable bonds is 6. The van der Waals surface area contributed by atoms with Crippen LogP contribution in [0.1, 0.15) is 23.3 Å². The van der Waals surface area contributed by atoms with Crippen LogP contribution < -0.4 is 0 Å². The summed E-state index contributed by atoms with van der Waals surface area (Å²) in [5, 5.41) is 9.15.